The fourth-order valence-electron chi connectivity index (χ4n) is 3.39. The fraction of sp³-hybridized carbons (Fsp3) is 0.292. The molecule has 1 N–H and O–H groups in total. The van der Waals surface area contributed by atoms with E-state index in [1.54, 1.807) is 42.3 Å². The standard InChI is InChI=1S/C24H28N2O4S2/c1-18-6-4-7-19(2)23(18)26(32(3,28)29)16-20-9-11-21(12-10-20)24(27)25-13-15-31-17-22-8-5-14-30-22/h4-12,14H,13,15-17H2,1-3H3,(H,25,27). The van der Waals surface area contributed by atoms with Gasteiger partial charge in [-0.2, -0.15) is 11.8 Å². The zero-order valence-electron chi connectivity index (χ0n) is 18.5. The number of para-hydroxylation sites is 1. The highest BCUT2D eigenvalue weighted by atomic mass is 32.2. The minimum Gasteiger partial charge on any atom is -0.468 e. The van der Waals surface area contributed by atoms with E-state index in [0.717, 1.165) is 34.0 Å². The molecule has 0 radical (unpaired) electrons. The van der Waals surface area contributed by atoms with E-state index in [2.05, 4.69) is 5.32 Å². The van der Waals surface area contributed by atoms with Gasteiger partial charge in [-0.25, -0.2) is 8.42 Å². The van der Waals surface area contributed by atoms with Gasteiger partial charge in [0.2, 0.25) is 10.0 Å². The van der Waals surface area contributed by atoms with Gasteiger partial charge in [0.05, 0.1) is 30.5 Å². The lowest BCUT2D eigenvalue weighted by Crippen LogP contribution is -2.30. The molecule has 0 spiro atoms. The number of anilines is 1. The molecule has 2 aromatic carbocycles. The van der Waals surface area contributed by atoms with Gasteiger partial charge in [0.15, 0.2) is 0 Å². The van der Waals surface area contributed by atoms with Crippen LogP contribution in [0.4, 0.5) is 5.69 Å². The maximum atomic E-state index is 12.5. The van der Waals surface area contributed by atoms with E-state index in [4.69, 9.17) is 4.42 Å². The second-order valence-corrected chi connectivity index (χ2v) is 10.6. The quantitative estimate of drug-likeness (QED) is 0.439. The number of furan rings is 1. The Bertz CT molecular complexity index is 1120. The molecule has 0 aliphatic carbocycles. The van der Waals surface area contributed by atoms with Crippen molar-refractivity contribution in [3.63, 3.8) is 0 Å². The molecule has 0 aliphatic rings. The van der Waals surface area contributed by atoms with Gasteiger partial charge in [-0.05, 0) is 54.8 Å². The summed E-state index contributed by atoms with van der Waals surface area (Å²) in [6.45, 7) is 4.57. The number of sulfonamides is 1. The lowest BCUT2D eigenvalue weighted by molar-refractivity contribution is 0.0956. The normalized spacial score (nSPS) is 11.3. The lowest BCUT2D eigenvalue weighted by Gasteiger charge is -2.26. The fourth-order valence-corrected chi connectivity index (χ4v) is 5.15. The van der Waals surface area contributed by atoms with E-state index >= 15 is 0 Å². The maximum Gasteiger partial charge on any atom is 0.251 e. The molecule has 1 amide bonds. The van der Waals surface area contributed by atoms with Crippen molar-refractivity contribution in [1.29, 1.82) is 0 Å². The van der Waals surface area contributed by atoms with Gasteiger partial charge in [0.25, 0.3) is 5.91 Å². The number of carbonyl (C=O) groups excluding carboxylic acids is 1. The van der Waals surface area contributed by atoms with Gasteiger partial charge in [0.1, 0.15) is 5.76 Å². The van der Waals surface area contributed by atoms with Crippen LogP contribution >= 0.6 is 11.8 Å². The second kappa shape index (κ2) is 10.7. The Hall–Kier alpha value is -2.71. The summed E-state index contributed by atoms with van der Waals surface area (Å²) in [4.78, 5) is 12.4. The molecule has 3 rings (SSSR count). The first-order chi connectivity index (χ1) is 15.3. The van der Waals surface area contributed by atoms with Crippen molar-refractivity contribution in [2.24, 2.45) is 0 Å². The van der Waals surface area contributed by atoms with Crippen LogP contribution in [0.15, 0.2) is 65.3 Å². The van der Waals surface area contributed by atoms with E-state index in [0.29, 0.717) is 17.8 Å². The highest BCUT2D eigenvalue weighted by molar-refractivity contribution is 7.98. The molecular weight excluding hydrogens is 444 g/mol. The number of hydrogen-bond acceptors (Lipinski definition) is 5. The van der Waals surface area contributed by atoms with Crippen LogP contribution in [0.25, 0.3) is 0 Å². The van der Waals surface area contributed by atoms with Crippen LogP contribution in [-0.4, -0.2) is 32.9 Å². The van der Waals surface area contributed by atoms with E-state index in [9.17, 15) is 13.2 Å². The van der Waals surface area contributed by atoms with Crippen LogP contribution in [0.1, 0.15) is 32.8 Å². The predicted molar refractivity (Wildman–Crippen MR) is 131 cm³/mol. The number of aryl methyl sites for hydroxylation is 2. The first-order valence-electron chi connectivity index (χ1n) is 10.3. The predicted octanol–water partition coefficient (Wildman–Crippen LogP) is 4.53. The summed E-state index contributed by atoms with van der Waals surface area (Å²) in [6.07, 6.45) is 2.86. The van der Waals surface area contributed by atoms with Crippen LogP contribution in [-0.2, 0) is 22.3 Å². The zero-order valence-corrected chi connectivity index (χ0v) is 20.1. The van der Waals surface area contributed by atoms with Crippen LogP contribution in [0.5, 0.6) is 0 Å². The molecule has 0 saturated heterocycles. The highest BCUT2D eigenvalue weighted by Crippen LogP contribution is 2.28. The number of amides is 1. The van der Waals surface area contributed by atoms with E-state index in [1.165, 1.54) is 10.6 Å². The Morgan fingerprint density at radius 2 is 1.72 bits per heavy atom. The Morgan fingerprint density at radius 3 is 2.31 bits per heavy atom. The highest BCUT2D eigenvalue weighted by Gasteiger charge is 2.21. The maximum absolute atomic E-state index is 12.5. The minimum atomic E-state index is -3.48. The molecule has 1 heterocycles. The monoisotopic (exact) mass is 472 g/mol. The Labute approximate surface area is 194 Å². The average molecular weight is 473 g/mol. The van der Waals surface area contributed by atoms with Crippen LogP contribution in [0.2, 0.25) is 0 Å². The number of benzene rings is 2. The largest absolute Gasteiger partial charge is 0.468 e. The molecule has 8 heteroatoms. The summed E-state index contributed by atoms with van der Waals surface area (Å²) in [7, 11) is -3.48. The molecule has 3 aromatic rings. The van der Waals surface area contributed by atoms with E-state index in [1.807, 2.05) is 44.2 Å². The Balaban J connectivity index is 1.59. The summed E-state index contributed by atoms with van der Waals surface area (Å²) in [6, 6.07) is 16.6. The van der Waals surface area contributed by atoms with Crippen LogP contribution in [0.3, 0.4) is 0 Å². The van der Waals surface area contributed by atoms with Crippen molar-refractivity contribution >= 4 is 33.4 Å². The summed E-state index contributed by atoms with van der Waals surface area (Å²) in [5.74, 6) is 2.32. The second-order valence-electron chi connectivity index (χ2n) is 7.59. The summed E-state index contributed by atoms with van der Waals surface area (Å²) < 4.78 is 31.7. The SMILES string of the molecule is Cc1cccc(C)c1N(Cc1ccc(C(=O)NCCSCc2ccco2)cc1)S(C)(=O)=O. The third-order valence-corrected chi connectivity index (χ3v) is 7.08. The Kier molecular flexibility index (Phi) is 8.04. The molecule has 0 atom stereocenters. The molecule has 0 unspecified atom stereocenters. The van der Waals surface area contributed by atoms with Gasteiger partial charge in [-0.3, -0.25) is 9.10 Å². The molecule has 6 nitrogen and oxygen atoms in total. The average Bonchev–Trinajstić information content (AvgIpc) is 3.26. The van der Waals surface area contributed by atoms with Crippen molar-refractivity contribution < 1.29 is 17.6 Å². The number of rotatable bonds is 10. The van der Waals surface area contributed by atoms with Gasteiger partial charge in [0, 0.05) is 17.9 Å². The molecule has 1 aromatic heterocycles. The van der Waals surface area contributed by atoms with E-state index < -0.39 is 10.0 Å². The summed E-state index contributed by atoms with van der Waals surface area (Å²) in [5, 5.41) is 2.91. The molecule has 0 saturated carbocycles. The number of nitrogens with zero attached hydrogens (tertiary/aromatic N) is 1. The lowest BCUT2D eigenvalue weighted by atomic mass is 10.1. The Morgan fingerprint density at radius 1 is 1.03 bits per heavy atom. The molecule has 32 heavy (non-hydrogen) atoms. The van der Waals surface area contributed by atoms with Crippen molar-refractivity contribution in [1.82, 2.24) is 5.32 Å². The van der Waals surface area contributed by atoms with Crippen molar-refractivity contribution in [3.05, 3.63) is 88.9 Å². The smallest absolute Gasteiger partial charge is 0.251 e. The summed E-state index contributed by atoms with van der Waals surface area (Å²) in [5.41, 5.74) is 3.85. The topological polar surface area (TPSA) is 79.6 Å². The number of carbonyl (C=O) groups is 1. The third kappa shape index (κ3) is 6.40. The molecule has 0 bridgehead atoms. The van der Waals surface area contributed by atoms with Crippen molar-refractivity contribution in [2.75, 3.05) is 22.9 Å². The van der Waals surface area contributed by atoms with Gasteiger partial charge >= 0.3 is 0 Å². The molecule has 0 fully saturated rings. The molecule has 170 valence electrons. The number of nitrogens with one attached hydrogen (secondary N) is 1. The van der Waals surface area contributed by atoms with Crippen LogP contribution in [0, 0.1) is 13.8 Å². The third-order valence-electron chi connectivity index (χ3n) is 4.99. The van der Waals surface area contributed by atoms with Gasteiger partial charge in [-0.1, -0.05) is 30.3 Å². The van der Waals surface area contributed by atoms with Crippen LogP contribution < -0.4 is 9.62 Å². The van der Waals surface area contributed by atoms with E-state index in [-0.39, 0.29) is 12.5 Å². The molecule has 0 aliphatic heterocycles. The summed E-state index contributed by atoms with van der Waals surface area (Å²) >= 11 is 1.69. The van der Waals surface area contributed by atoms with Gasteiger partial charge < -0.3 is 9.73 Å². The first kappa shape index (κ1) is 23.9. The number of hydrogen-bond donors (Lipinski definition) is 1. The van der Waals surface area contributed by atoms with Gasteiger partial charge in [-0.15, -0.1) is 0 Å². The van der Waals surface area contributed by atoms with Crippen molar-refractivity contribution in [2.45, 2.75) is 26.1 Å². The first-order valence-corrected chi connectivity index (χ1v) is 13.3. The minimum absolute atomic E-state index is 0.148. The molecular formula is C24H28N2O4S2. The van der Waals surface area contributed by atoms with Crippen molar-refractivity contribution in [3.8, 4) is 0 Å². The number of thioether (sulfide) groups is 1. The zero-order chi connectivity index (χ0) is 23.1.